The number of hydrogen-bond acceptors (Lipinski definition) is 4. The van der Waals surface area contributed by atoms with E-state index in [-0.39, 0.29) is 22.9 Å². The van der Waals surface area contributed by atoms with Crippen molar-refractivity contribution in [1.82, 2.24) is 10.2 Å². The van der Waals surface area contributed by atoms with Gasteiger partial charge in [0.2, 0.25) is 5.91 Å². The summed E-state index contributed by atoms with van der Waals surface area (Å²) in [7, 11) is 0. The first-order valence-electron chi connectivity index (χ1n) is 8.85. The van der Waals surface area contributed by atoms with Gasteiger partial charge in [-0.1, -0.05) is 44.2 Å². The van der Waals surface area contributed by atoms with Gasteiger partial charge in [-0.15, -0.1) is 11.8 Å². The van der Waals surface area contributed by atoms with E-state index in [1.807, 2.05) is 30.3 Å². The van der Waals surface area contributed by atoms with Crippen molar-refractivity contribution in [2.75, 3.05) is 5.75 Å². The van der Waals surface area contributed by atoms with E-state index in [4.69, 9.17) is 4.42 Å². The minimum absolute atomic E-state index is 0.0138. The fourth-order valence-electron chi connectivity index (χ4n) is 3.05. The summed E-state index contributed by atoms with van der Waals surface area (Å²) in [6.45, 7) is 4.70. The molecule has 0 aliphatic carbocycles. The lowest BCUT2D eigenvalue weighted by Crippen LogP contribution is -2.49. The first-order chi connectivity index (χ1) is 12.6. The lowest BCUT2D eigenvalue weighted by atomic mass is 10.1. The van der Waals surface area contributed by atoms with E-state index in [1.54, 1.807) is 28.8 Å². The Morgan fingerprint density at radius 2 is 2.00 bits per heavy atom. The van der Waals surface area contributed by atoms with Crippen LogP contribution in [0, 0.1) is 5.92 Å². The van der Waals surface area contributed by atoms with Gasteiger partial charge in [-0.25, -0.2) is 0 Å². The third kappa shape index (κ3) is 4.30. The average molecular weight is 372 g/mol. The molecule has 0 bridgehead atoms. The van der Waals surface area contributed by atoms with E-state index >= 15 is 0 Å². The average Bonchev–Trinajstić information content (AvgIpc) is 3.29. The van der Waals surface area contributed by atoms with Crippen molar-refractivity contribution in [1.29, 1.82) is 0 Å². The Morgan fingerprint density at radius 1 is 1.23 bits per heavy atom. The standard InChI is InChI=1S/C20H24N2O3S/c1-14(2)11-18-22(20(24)17-9-6-10-25-17)16(13-26-18)19(23)21-12-15-7-4-3-5-8-15/h3-10,14,16,18H,11-13H2,1-2H3,(H,21,23). The Balaban J connectivity index is 1.73. The van der Waals surface area contributed by atoms with Crippen LogP contribution in [0.15, 0.2) is 53.1 Å². The Labute approximate surface area is 158 Å². The minimum Gasteiger partial charge on any atom is -0.459 e. The fraction of sp³-hybridized carbons (Fsp3) is 0.400. The van der Waals surface area contributed by atoms with E-state index in [0.29, 0.717) is 18.2 Å². The monoisotopic (exact) mass is 372 g/mol. The first kappa shape index (κ1) is 18.6. The number of carbonyl (C=O) groups is 2. The van der Waals surface area contributed by atoms with E-state index < -0.39 is 6.04 Å². The molecule has 2 unspecified atom stereocenters. The number of benzene rings is 1. The first-order valence-corrected chi connectivity index (χ1v) is 9.90. The van der Waals surface area contributed by atoms with Crippen LogP contribution in [0.5, 0.6) is 0 Å². The van der Waals surface area contributed by atoms with E-state index in [2.05, 4.69) is 19.2 Å². The van der Waals surface area contributed by atoms with Crippen molar-refractivity contribution >= 4 is 23.6 Å². The van der Waals surface area contributed by atoms with Crippen LogP contribution in [-0.2, 0) is 11.3 Å². The molecule has 1 aliphatic rings. The summed E-state index contributed by atoms with van der Waals surface area (Å²) < 4.78 is 5.29. The molecule has 2 amide bonds. The largest absolute Gasteiger partial charge is 0.459 e. The Bertz CT molecular complexity index is 731. The summed E-state index contributed by atoms with van der Waals surface area (Å²) in [4.78, 5) is 27.4. The van der Waals surface area contributed by atoms with Gasteiger partial charge in [-0.3, -0.25) is 9.59 Å². The maximum atomic E-state index is 12.9. The summed E-state index contributed by atoms with van der Waals surface area (Å²) in [5.74, 6) is 0.982. The molecule has 1 aromatic heterocycles. The van der Waals surface area contributed by atoms with Crippen LogP contribution < -0.4 is 5.32 Å². The van der Waals surface area contributed by atoms with Crippen molar-refractivity contribution in [2.45, 2.75) is 38.2 Å². The Morgan fingerprint density at radius 3 is 2.65 bits per heavy atom. The second-order valence-electron chi connectivity index (χ2n) is 6.83. The van der Waals surface area contributed by atoms with E-state index in [0.717, 1.165) is 12.0 Å². The van der Waals surface area contributed by atoms with E-state index in [9.17, 15) is 9.59 Å². The van der Waals surface area contributed by atoms with Crippen molar-refractivity contribution in [3.8, 4) is 0 Å². The third-order valence-corrected chi connectivity index (χ3v) is 5.66. The summed E-state index contributed by atoms with van der Waals surface area (Å²) in [6, 6.07) is 12.6. The minimum atomic E-state index is -0.481. The number of nitrogens with zero attached hydrogens (tertiary/aromatic N) is 1. The molecule has 1 saturated heterocycles. The smallest absolute Gasteiger partial charge is 0.291 e. The quantitative estimate of drug-likeness (QED) is 0.843. The normalized spacial score (nSPS) is 19.7. The molecule has 1 N–H and O–H groups in total. The van der Waals surface area contributed by atoms with Crippen LogP contribution in [0.1, 0.15) is 36.4 Å². The fourth-order valence-corrected chi connectivity index (χ4v) is 4.69. The van der Waals surface area contributed by atoms with Gasteiger partial charge < -0.3 is 14.6 Å². The maximum absolute atomic E-state index is 12.9. The molecule has 0 radical (unpaired) electrons. The van der Waals surface area contributed by atoms with Crippen LogP contribution in [-0.4, -0.2) is 33.9 Å². The molecule has 138 valence electrons. The molecule has 2 atom stereocenters. The van der Waals surface area contributed by atoms with Crippen molar-refractivity contribution in [3.63, 3.8) is 0 Å². The predicted molar refractivity (Wildman–Crippen MR) is 103 cm³/mol. The van der Waals surface area contributed by atoms with Crippen molar-refractivity contribution < 1.29 is 14.0 Å². The number of amides is 2. The lowest BCUT2D eigenvalue weighted by molar-refractivity contribution is -0.125. The molecule has 0 spiro atoms. The molecule has 2 heterocycles. The number of rotatable bonds is 6. The molecule has 5 nitrogen and oxygen atoms in total. The highest BCUT2D eigenvalue weighted by molar-refractivity contribution is 8.00. The summed E-state index contributed by atoms with van der Waals surface area (Å²) in [5.41, 5.74) is 1.04. The van der Waals surface area contributed by atoms with Gasteiger partial charge in [0.25, 0.3) is 5.91 Å². The second kappa shape index (κ2) is 8.45. The Kier molecular flexibility index (Phi) is 6.04. The van der Waals surface area contributed by atoms with Gasteiger partial charge >= 0.3 is 0 Å². The van der Waals surface area contributed by atoms with Crippen LogP contribution in [0.3, 0.4) is 0 Å². The summed E-state index contributed by atoms with van der Waals surface area (Å²) in [5, 5.41) is 2.95. The number of thioether (sulfide) groups is 1. The zero-order valence-electron chi connectivity index (χ0n) is 15.1. The molecule has 26 heavy (non-hydrogen) atoms. The highest BCUT2D eigenvalue weighted by atomic mass is 32.2. The molecular formula is C20H24N2O3S. The van der Waals surface area contributed by atoms with Gasteiger partial charge in [0.15, 0.2) is 5.76 Å². The number of nitrogens with one attached hydrogen (secondary N) is 1. The summed E-state index contributed by atoms with van der Waals surface area (Å²) in [6.07, 6.45) is 2.33. The second-order valence-corrected chi connectivity index (χ2v) is 8.04. The van der Waals surface area contributed by atoms with Crippen molar-refractivity contribution in [2.24, 2.45) is 5.92 Å². The molecular weight excluding hydrogens is 348 g/mol. The number of carbonyl (C=O) groups excluding carboxylic acids is 2. The number of furan rings is 1. The van der Waals surface area contributed by atoms with Gasteiger partial charge in [-0.05, 0) is 30.0 Å². The van der Waals surface area contributed by atoms with Gasteiger partial charge in [-0.2, -0.15) is 0 Å². The Hall–Kier alpha value is -2.21. The third-order valence-electron chi connectivity index (χ3n) is 4.34. The van der Waals surface area contributed by atoms with Gasteiger partial charge in [0.05, 0.1) is 11.6 Å². The SMILES string of the molecule is CC(C)CC1SCC(C(=O)NCc2ccccc2)N1C(=O)c1ccco1. The topological polar surface area (TPSA) is 62.6 Å². The zero-order valence-corrected chi connectivity index (χ0v) is 15.9. The zero-order chi connectivity index (χ0) is 18.5. The maximum Gasteiger partial charge on any atom is 0.291 e. The van der Waals surface area contributed by atoms with Crippen LogP contribution >= 0.6 is 11.8 Å². The summed E-state index contributed by atoms with van der Waals surface area (Å²) >= 11 is 1.67. The van der Waals surface area contributed by atoms with Crippen molar-refractivity contribution in [3.05, 3.63) is 60.1 Å². The highest BCUT2D eigenvalue weighted by Crippen LogP contribution is 2.34. The number of hydrogen-bond donors (Lipinski definition) is 1. The molecule has 6 heteroatoms. The molecule has 1 aliphatic heterocycles. The van der Waals surface area contributed by atoms with Crippen LogP contribution in [0.25, 0.3) is 0 Å². The molecule has 1 fully saturated rings. The van der Waals surface area contributed by atoms with Gasteiger partial charge in [0, 0.05) is 12.3 Å². The van der Waals surface area contributed by atoms with E-state index in [1.165, 1.54) is 6.26 Å². The van der Waals surface area contributed by atoms with Crippen LogP contribution in [0.4, 0.5) is 0 Å². The van der Waals surface area contributed by atoms with Gasteiger partial charge in [0.1, 0.15) is 6.04 Å². The highest BCUT2D eigenvalue weighted by Gasteiger charge is 2.42. The molecule has 2 aromatic rings. The lowest BCUT2D eigenvalue weighted by Gasteiger charge is -2.29. The predicted octanol–water partition coefficient (Wildman–Crippen LogP) is 3.53. The molecule has 0 saturated carbocycles. The molecule has 1 aromatic carbocycles. The molecule has 3 rings (SSSR count). The van der Waals surface area contributed by atoms with Crippen LogP contribution in [0.2, 0.25) is 0 Å².